The Morgan fingerprint density at radius 3 is 3.00 bits per heavy atom. The molecule has 0 saturated carbocycles. The van der Waals surface area contributed by atoms with Crippen molar-refractivity contribution in [2.75, 3.05) is 18.5 Å². The summed E-state index contributed by atoms with van der Waals surface area (Å²) in [6.45, 7) is 3.30. The van der Waals surface area contributed by atoms with E-state index >= 15 is 0 Å². The van der Waals surface area contributed by atoms with Gasteiger partial charge in [0.15, 0.2) is 0 Å². The number of aromatic nitrogens is 1. The van der Waals surface area contributed by atoms with Crippen molar-refractivity contribution in [3.8, 4) is 5.75 Å². The Morgan fingerprint density at radius 2 is 2.29 bits per heavy atom. The molecule has 2 aromatic rings. The van der Waals surface area contributed by atoms with Crippen molar-refractivity contribution in [3.05, 3.63) is 45.5 Å². The highest BCUT2D eigenvalue weighted by Crippen LogP contribution is 2.33. The fraction of sp³-hybridized carbons (Fsp3) is 0.267. The summed E-state index contributed by atoms with van der Waals surface area (Å²) in [7, 11) is 0. The number of nitrogens with one attached hydrogen (secondary N) is 1. The molecule has 110 valence electrons. The quantitative estimate of drug-likeness (QED) is 0.797. The Hall–Kier alpha value is -1.30. The van der Waals surface area contributed by atoms with Gasteiger partial charge in [0.25, 0.3) is 0 Å². The SMILES string of the molecule is Cc1cnc(Nc2cc(Cl)ccc2OC[C@@H]2CO2)c(Br)c1. The first kappa shape index (κ1) is 14.6. The zero-order valence-electron chi connectivity index (χ0n) is 11.4. The lowest BCUT2D eigenvalue weighted by Crippen LogP contribution is -2.06. The van der Waals surface area contributed by atoms with Gasteiger partial charge in [0.2, 0.25) is 0 Å². The lowest BCUT2D eigenvalue weighted by Gasteiger charge is -2.14. The van der Waals surface area contributed by atoms with Gasteiger partial charge in [-0.25, -0.2) is 4.98 Å². The molecule has 4 nitrogen and oxygen atoms in total. The van der Waals surface area contributed by atoms with Crippen molar-refractivity contribution in [2.45, 2.75) is 13.0 Å². The van der Waals surface area contributed by atoms with Gasteiger partial charge < -0.3 is 14.8 Å². The Labute approximate surface area is 136 Å². The Morgan fingerprint density at radius 1 is 1.48 bits per heavy atom. The lowest BCUT2D eigenvalue weighted by atomic mass is 10.2. The number of anilines is 2. The smallest absolute Gasteiger partial charge is 0.144 e. The van der Waals surface area contributed by atoms with Gasteiger partial charge in [-0.3, -0.25) is 0 Å². The predicted molar refractivity (Wildman–Crippen MR) is 86.6 cm³/mol. The summed E-state index contributed by atoms with van der Waals surface area (Å²) in [6, 6.07) is 7.46. The molecule has 0 amide bonds. The number of ether oxygens (including phenoxy) is 2. The van der Waals surface area contributed by atoms with Crippen molar-refractivity contribution >= 4 is 39.0 Å². The van der Waals surface area contributed by atoms with Crippen LogP contribution in [0.15, 0.2) is 34.9 Å². The second-order valence-electron chi connectivity index (χ2n) is 4.87. The zero-order chi connectivity index (χ0) is 14.8. The maximum Gasteiger partial charge on any atom is 0.144 e. The highest BCUT2D eigenvalue weighted by Gasteiger charge is 2.23. The van der Waals surface area contributed by atoms with E-state index in [1.807, 2.05) is 25.1 Å². The maximum absolute atomic E-state index is 6.07. The second kappa shape index (κ2) is 6.22. The number of epoxide rings is 1. The number of nitrogens with zero attached hydrogens (tertiary/aromatic N) is 1. The van der Waals surface area contributed by atoms with Crippen LogP contribution < -0.4 is 10.1 Å². The van der Waals surface area contributed by atoms with Gasteiger partial charge in [-0.05, 0) is 52.7 Å². The molecule has 0 unspecified atom stereocenters. The van der Waals surface area contributed by atoms with E-state index in [2.05, 4.69) is 26.2 Å². The fourth-order valence-corrected chi connectivity index (χ4v) is 2.56. The summed E-state index contributed by atoms with van der Waals surface area (Å²) in [6.07, 6.45) is 2.01. The van der Waals surface area contributed by atoms with Crippen molar-refractivity contribution in [3.63, 3.8) is 0 Å². The second-order valence-corrected chi connectivity index (χ2v) is 6.17. The number of rotatable bonds is 5. The van der Waals surface area contributed by atoms with Gasteiger partial charge in [0.05, 0.1) is 16.8 Å². The molecule has 0 bridgehead atoms. The summed E-state index contributed by atoms with van der Waals surface area (Å²) in [4.78, 5) is 4.37. The van der Waals surface area contributed by atoms with Crippen LogP contribution in [0.1, 0.15) is 5.56 Å². The molecule has 1 aromatic carbocycles. The van der Waals surface area contributed by atoms with Crippen LogP contribution in [0, 0.1) is 6.92 Å². The average Bonchev–Trinajstić information content (AvgIpc) is 3.25. The van der Waals surface area contributed by atoms with Crippen LogP contribution in [0.2, 0.25) is 5.02 Å². The molecule has 1 saturated heterocycles. The number of hydrogen-bond donors (Lipinski definition) is 1. The number of benzene rings is 1. The van der Waals surface area contributed by atoms with Gasteiger partial charge in [-0.15, -0.1) is 0 Å². The third-order valence-electron chi connectivity index (χ3n) is 3.00. The van der Waals surface area contributed by atoms with E-state index < -0.39 is 0 Å². The average molecular weight is 370 g/mol. The minimum absolute atomic E-state index is 0.206. The summed E-state index contributed by atoms with van der Waals surface area (Å²) >= 11 is 9.57. The standard InChI is InChI=1S/C15H14BrClN2O2/c1-9-4-12(16)15(18-6-9)19-13-5-10(17)2-3-14(13)21-8-11-7-20-11/h2-6,11H,7-8H2,1H3,(H,18,19)/t11-/m0/s1. The third kappa shape index (κ3) is 3.87. The molecule has 0 radical (unpaired) electrons. The van der Waals surface area contributed by atoms with E-state index in [4.69, 9.17) is 21.1 Å². The van der Waals surface area contributed by atoms with Gasteiger partial charge >= 0.3 is 0 Å². The Balaban J connectivity index is 1.83. The molecule has 3 rings (SSSR count). The van der Waals surface area contributed by atoms with E-state index in [1.54, 1.807) is 12.3 Å². The van der Waals surface area contributed by atoms with Crippen LogP contribution in [0.3, 0.4) is 0 Å². The van der Waals surface area contributed by atoms with Gasteiger partial charge in [0, 0.05) is 11.2 Å². The van der Waals surface area contributed by atoms with Crippen LogP contribution in [0.5, 0.6) is 5.75 Å². The number of pyridine rings is 1. The van der Waals surface area contributed by atoms with Crippen molar-refractivity contribution in [2.24, 2.45) is 0 Å². The fourth-order valence-electron chi connectivity index (χ4n) is 1.83. The summed E-state index contributed by atoms with van der Waals surface area (Å²) in [5, 5.41) is 3.88. The molecule has 2 heterocycles. The van der Waals surface area contributed by atoms with Crippen molar-refractivity contribution in [1.29, 1.82) is 0 Å². The summed E-state index contributed by atoms with van der Waals surface area (Å²) in [5.74, 6) is 1.44. The molecule has 1 aliphatic rings. The molecular weight excluding hydrogens is 356 g/mol. The number of hydrogen-bond acceptors (Lipinski definition) is 4. The first-order chi connectivity index (χ1) is 10.1. The number of aryl methyl sites for hydroxylation is 1. The molecule has 1 atom stereocenters. The van der Waals surface area contributed by atoms with Crippen molar-refractivity contribution < 1.29 is 9.47 Å². The molecule has 1 N–H and O–H groups in total. The number of halogens is 2. The third-order valence-corrected chi connectivity index (χ3v) is 3.84. The van der Waals surface area contributed by atoms with E-state index in [-0.39, 0.29) is 6.10 Å². The van der Waals surface area contributed by atoms with Crippen LogP contribution in [0.25, 0.3) is 0 Å². The highest BCUT2D eigenvalue weighted by atomic mass is 79.9. The first-order valence-electron chi connectivity index (χ1n) is 6.55. The zero-order valence-corrected chi connectivity index (χ0v) is 13.7. The summed E-state index contributed by atoms with van der Waals surface area (Å²) < 4.78 is 11.8. The molecule has 21 heavy (non-hydrogen) atoms. The highest BCUT2D eigenvalue weighted by molar-refractivity contribution is 9.10. The maximum atomic E-state index is 6.07. The molecule has 1 aromatic heterocycles. The molecule has 6 heteroatoms. The van der Waals surface area contributed by atoms with Crippen LogP contribution in [-0.4, -0.2) is 24.3 Å². The van der Waals surface area contributed by atoms with E-state index in [0.29, 0.717) is 11.6 Å². The van der Waals surface area contributed by atoms with Gasteiger partial charge in [-0.1, -0.05) is 11.6 Å². The monoisotopic (exact) mass is 368 g/mol. The minimum Gasteiger partial charge on any atom is -0.489 e. The molecule has 1 fully saturated rings. The molecule has 0 aliphatic carbocycles. The minimum atomic E-state index is 0.206. The van der Waals surface area contributed by atoms with E-state index in [0.717, 1.165) is 33.9 Å². The summed E-state index contributed by atoms with van der Waals surface area (Å²) in [5.41, 5.74) is 1.86. The Bertz CT molecular complexity index is 662. The normalized spacial score (nSPS) is 16.6. The van der Waals surface area contributed by atoms with Crippen LogP contribution in [0.4, 0.5) is 11.5 Å². The van der Waals surface area contributed by atoms with Gasteiger partial charge in [-0.2, -0.15) is 0 Å². The van der Waals surface area contributed by atoms with E-state index in [1.165, 1.54) is 0 Å². The van der Waals surface area contributed by atoms with Crippen LogP contribution in [-0.2, 0) is 4.74 Å². The molecule has 1 aliphatic heterocycles. The Kier molecular flexibility index (Phi) is 4.33. The molecular formula is C15H14BrClN2O2. The topological polar surface area (TPSA) is 46.7 Å². The predicted octanol–water partition coefficient (Wildman–Crippen LogP) is 4.33. The molecule has 0 spiro atoms. The van der Waals surface area contributed by atoms with Crippen LogP contribution >= 0.6 is 27.5 Å². The van der Waals surface area contributed by atoms with E-state index in [9.17, 15) is 0 Å². The van der Waals surface area contributed by atoms with Crippen molar-refractivity contribution in [1.82, 2.24) is 4.98 Å². The van der Waals surface area contributed by atoms with Gasteiger partial charge in [0.1, 0.15) is 24.3 Å². The largest absolute Gasteiger partial charge is 0.489 e. The first-order valence-corrected chi connectivity index (χ1v) is 7.72. The lowest BCUT2D eigenvalue weighted by molar-refractivity contribution is 0.264.